The molecule has 0 aromatic heterocycles. The maximum absolute atomic E-state index is 13.1. The second kappa shape index (κ2) is 6.53. The van der Waals surface area contributed by atoms with Crippen LogP contribution < -0.4 is 5.32 Å². The highest BCUT2D eigenvalue weighted by molar-refractivity contribution is 6.31. The molecule has 0 radical (unpaired) electrons. The standard InChI is InChI=1S/C15H21ClFN/c1-18-10-14(11-5-3-2-4-6-11)13-8-7-12(17)9-15(13)16/h7-9,11,14,18H,2-6,10H2,1H3. The molecule has 1 aromatic rings. The van der Waals surface area contributed by atoms with Crippen LogP contribution in [0.5, 0.6) is 0 Å². The molecule has 1 saturated carbocycles. The van der Waals surface area contributed by atoms with Crippen molar-refractivity contribution in [2.24, 2.45) is 5.92 Å². The lowest BCUT2D eigenvalue weighted by atomic mass is 9.76. The molecule has 2 rings (SSSR count). The molecule has 0 saturated heterocycles. The summed E-state index contributed by atoms with van der Waals surface area (Å²) in [6.45, 7) is 0.913. The fraction of sp³-hybridized carbons (Fsp3) is 0.600. The first-order chi connectivity index (χ1) is 8.72. The maximum atomic E-state index is 13.1. The van der Waals surface area contributed by atoms with Gasteiger partial charge < -0.3 is 5.32 Å². The van der Waals surface area contributed by atoms with Crippen molar-refractivity contribution in [2.45, 2.75) is 38.0 Å². The summed E-state index contributed by atoms with van der Waals surface area (Å²) in [5, 5.41) is 3.82. The van der Waals surface area contributed by atoms with Gasteiger partial charge in [-0.25, -0.2) is 4.39 Å². The number of nitrogens with one attached hydrogen (secondary N) is 1. The van der Waals surface area contributed by atoms with E-state index in [4.69, 9.17) is 11.6 Å². The van der Waals surface area contributed by atoms with Crippen molar-refractivity contribution in [3.8, 4) is 0 Å². The summed E-state index contributed by atoms with van der Waals surface area (Å²) in [5.41, 5.74) is 1.10. The molecule has 1 nitrogen and oxygen atoms in total. The predicted molar refractivity (Wildman–Crippen MR) is 74.7 cm³/mol. The Balaban J connectivity index is 2.22. The van der Waals surface area contributed by atoms with Gasteiger partial charge in [0.2, 0.25) is 0 Å². The molecule has 0 amide bonds. The lowest BCUT2D eigenvalue weighted by Crippen LogP contribution is -2.26. The van der Waals surface area contributed by atoms with E-state index in [2.05, 4.69) is 5.32 Å². The minimum absolute atomic E-state index is 0.254. The molecule has 0 spiro atoms. The van der Waals surface area contributed by atoms with E-state index in [1.807, 2.05) is 13.1 Å². The third-order valence-corrected chi connectivity index (χ3v) is 4.33. The number of rotatable bonds is 4. The van der Waals surface area contributed by atoms with Crippen LogP contribution in [-0.2, 0) is 0 Å². The summed E-state index contributed by atoms with van der Waals surface area (Å²) in [7, 11) is 1.97. The molecule has 18 heavy (non-hydrogen) atoms. The van der Waals surface area contributed by atoms with Crippen molar-refractivity contribution >= 4 is 11.6 Å². The van der Waals surface area contributed by atoms with Gasteiger partial charge in [0.1, 0.15) is 5.82 Å². The third kappa shape index (κ3) is 3.24. The highest BCUT2D eigenvalue weighted by atomic mass is 35.5. The van der Waals surface area contributed by atoms with Gasteiger partial charge in [0.15, 0.2) is 0 Å². The van der Waals surface area contributed by atoms with Gasteiger partial charge in [-0.15, -0.1) is 0 Å². The third-order valence-electron chi connectivity index (χ3n) is 4.00. The van der Waals surface area contributed by atoms with Gasteiger partial charge in [0.05, 0.1) is 0 Å². The van der Waals surface area contributed by atoms with Crippen molar-refractivity contribution in [1.82, 2.24) is 5.32 Å². The number of hydrogen-bond acceptors (Lipinski definition) is 1. The van der Waals surface area contributed by atoms with Crippen LogP contribution in [0.3, 0.4) is 0 Å². The fourth-order valence-corrected chi connectivity index (χ4v) is 3.40. The Morgan fingerprint density at radius 3 is 2.67 bits per heavy atom. The van der Waals surface area contributed by atoms with E-state index < -0.39 is 0 Å². The summed E-state index contributed by atoms with van der Waals surface area (Å²) in [5.74, 6) is 0.827. The molecular weight excluding hydrogens is 249 g/mol. The molecule has 1 N–H and O–H groups in total. The smallest absolute Gasteiger partial charge is 0.124 e. The quantitative estimate of drug-likeness (QED) is 0.856. The Morgan fingerprint density at radius 2 is 2.06 bits per heavy atom. The average Bonchev–Trinajstić information content (AvgIpc) is 2.38. The van der Waals surface area contributed by atoms with Gasteiger partial charge in [-0.1, -0.05) is 36.9 Å². The molecule has 3 heteroatoms. The van der Waals surface area contributed by atoms with Crippen LogP contribution in [0, 0.1) is 11.7 Å². The molecule has 1 atom stereocenters. The summed E-state index contributed by atoms with van der Waals surface area (Å²) in [6, 6.07) is 4.81. The predicted octanol–water partition coefficient (Wildman–Crippen LogP) is 4.36. The van der Waals surface area contributed by atoms with Gasteiger partial charge in [-0.2, -0.15) is 0 Å². The topological polar surface area (TPSA) is 12.0 Å². The molecule has 1 aliphatic carbocycles. The Labute approximate surface area is 114 Å². The number of likely N-dealkylation sites (N-methyl/N-ethyl adjacent to an activating group) is 1. The van der Waals surface area contributed by atoms with Crippen molar-refractivity contribution in [3.63, 3.8) is 0 Å². The molecule has 1 aromatic carbocycles. The SMILES string of the molecule is CNCC(c1ccc(F)cc1Cl)C1CCCCC1. The Bertz CT molecular complexity index is 388. The van der Waals surface area contributed by atoms with Crippen LogP contribution >= 0.6 is 11.6 Å². The van der Waals surface area contributed by atoms with Crippen LogP contribution in [0.2, 0.25) is 5.02 Å². The molecule has 100 valence electrons. The number of halogens is 2. The van der Waals surface area contributed by atoms with Crippen LogP contribution in [-0.4, -0.2) is 13.6 Å². The molecule has 0 aliphatic heterocycles. The van der Waals surface area contributed by atoms with Gasteiger partial charge in [0, 0.05) is 17.5 Å². The minimum atomic E-state index is -0.254. The molecule has 1 fully saturated rings. The summed E-state index contributed by atoms with van der Waals surface area (Å²) >= 11 is 6.21. The zero-order valence-corrected chi connectivity index (χ0v) is 11.6. The van der Waals surface area contributed by atoms with Gasteiger partial charge >= 0.3 is 0 Å². The van der Waals surface area contributed by atoms with Crippen LogP contribution in [0.4, 0.5) is 4.39 Å². The molecule has 1 unspecified atom stereocenters. The minimum Gasteiger partial charge on any atom is -0.319 e. The van der Waals surface area contributed by atoms with Gasteiger partial charge in [-0.3, -0.25) is 0 Å². The van der Waals surface area contributed by atoms with Crippen LogP contribution in [0.1, 0.15) is 43.6 Å². The van der Waals surface area contributed by atoms with E-state index in [-0.39, 0.29) is 5.82 Å². The summed E-state index contributed by atoms with van der Waals surface area (Å²) < 4.78 is 13.1. The zero-order valence-electron chi connectivity index (χ0n) is 10.9. The van der Waals surface area contributed by atoms with Gasteiger partial charge in [0.25, 0.3) is 0 Å². The lowest BCUT2D eigenvalue weighted by Gasteiger charge is -2.31. The zero-order chi connectivity index (χ0) is 13.0. The first kappa shape index (κ1) is 13.8. The second-order valence-electron chi connectivity index (χ2n) is 5.23. The van der Waals surface area contributed by atoms with Gasteiger partial charge in [-0.05, 0) is 43.5 Å². The van der Waals surface area contributed by atoms with Crippen molar-refractivity contribution < 1.29 is 4.39 Å². The maximum Gasteiger partial charge on any atom is 0.124 e. The van der Waals surface area contributed by atoms with Crippen molar-refractivity contribution in [2.75, 3.05) is 13.6 Å². The Hall–Kier alpha value is -0.600. The normalized spacial score (nSPS) is 18.8. The highest BCUT2D eigenvalue weighted by Gasteiger charge is 2.26. The fourth-order valence-electron chi connectivity index (χ4n) is 3.09. The molecule has 0 bridgehead atoms. The van der Waals surface area contributed by atoms with E-state index in [9.17, 15) is 4.39 Å². The Kier molecular flexibility index (Phi) is 5.02. The van der Waals surface area contributed by atoms with E-state index >= 15 is 0 Å². The van der Waals surface area contributed by atoms with E-state index in [1.165, 1.54) is 44.2 Å². The largest absolute Gasteiger partial charge is 0.319 e. The monoisotopic (exact) mass is 269 g/mol. The van der Waals surface area contributed by atoms with Crippen molar-refractivity contribution in [3.05, 3.63) is 34.6 Å². The van der Waals surface area contributed by atoms with E-state index in [0.717, 1.165) is 12.1 Å². The number of hydrogen-bond donors (Lipinski definition) is 1. The molecule has 1 aliphatic rings. The lowest BCUT2D eigenvalue weighted by molar-refractivity contribution is 0.300. The van der Waals surface area contributed by atoms with Crippen molar-refractivity contribution in [1.29, 1.82) is 0 Å². The average molecular weight is 270 g/mol. The highest BCUT2D eigenvalue weighted by Crippen LogP contribution is 2.38. The molecular formula is C15H21ClFN. The summed E-state index contributed by atoms with van der Waals surface area (Å²) in [6.07, 6.45) is 6.49. The summed E-state index contributed by atoms with van der Waals surface area (Å²) in [4.78, 5) is 0. The number of benzene rings is 1. The molecule has 0 heterocycles. The van der Waals surface area contributed by atoms with Crippen LogP contribution in [0.25, 0.3) is 0 Å². The first-order valence-electron chi connectivity index (χ1n) is 6.82. The second-order valence-corrected chi connectivity index (χ2v) is 5.64. The first-order valence-corrected chi connectivity index (χ1v) is 7.19. The van der Waals surface area contributed by atoms with Crippen LogP contribution in [0.15, 0.2) is 18.2 Å². The van der Waals surface area contributed by atoms with E-state index in [0.29, 0.717) is 16.9 Å². The van der Waals surface area contributed by atoms with E-state index in [1.54, 1.807) is 0 Å². The Morgan fingerprint density at radius 1 is 1.33 bits per heavy atom.